The van der Waals surface area contributed by atoms with E-state index in [4.69, 9.17) is 21.1 Å². The fraction of sp³-hybridized carbons (Fsp3) is 0.250. The summed E-state index contributed by atoms with van der Waals surface area (Å²) in [7, 11) is 1.55. The second kappa shape index (κ2) is 8.75. The number of amides is 2. The molecule has 1 unspecified atom stereocenters. The molecule has 1 aliphatic heterocycles. The number of carbonyl (C=O) groups excluding carboxylic acids is 2. The predicted octanol–water partition coefficient (Wildman–Crippen LogP) is 3.09. The molecular weight excluding hydrogens is 382 g/mol. The van der Waals surface area contributed by atoms with Gasteiger partial charge in [-0.05, 0) is 42.8 Å². The molecule has 0 radical (unpaired) electrons. The van der Waals surface area contributed by atoms with E-state index in [-0.39, 0.29) is 18.3 Å². The van der Waals surface area contributed by atoms with Crippen LogP contribution >= 0.6 is 11.6 Å². The molecule has 0 bridgehead atoms. The Morgan fingerprint density at radius 2 is 2.11 bits per heavy atom. The van der Waals surface area contributed by atoms with E-state index >= 15 is 0 Å². The molecule has 146 valence electrons. The fourth-order valence-corrected chi connectivity index (χ4v) is 3.01. The van der Waals surface area contributed by atoms with Crippen molar-refractivity contribution >= 4 is 29.4 Å². The Balaban J connectivity index is 1.82. The third-order valence-electron chi connectivity index (χ3n) is 4.11. The van der Waals surface area contributed by atoms with Gasteiger partial charge in [-0.2, -0.15) is 0 Å². The number of ether oxygens (including phenoxy) is 2. The number of methoxy groups -OCH3 is 1. The van der Waals surface area contributed by atoms with Crippen LogP contribution in [0.15, 0.2) is 47.5 Å². The molecule has 28 heavy (non-hydrogen) atoms. The molecule has 1 atom stereocenters. The summed E-state index contributed by atoms with van der Waals surface area (Å²) in [5, 5.41) is 5.65. The van der Waals surface area contributed by atoms with Gasteiger partial charge in [0.1, 0.15) is 0 Å². The molecule has 0 aromatic heterocycles. The molecule has 2 amide bonds. The number of nitrogens with zero attached hydrogens (tertiary/aromatic N) is 1. The van der Waals surface area contributed by atoms with Crippen molar-refractivity contribution in [1.82, 2.24) is 10.6 Å². The summed E-state index contributed by atoms with van der Waals surface area (Å²) in [4.78, 5) is 29.0. The Hall–Kier alpha value is -3.06. The van der Waals surface area contributed by atoms with E-state index in [0.29, 0.717) is 28.7 Å². The van der Waals surface area contributed by atoms with Crippen LogP contribution in [0.1, 0.15) is 35.3 Å². The molecule has 2 aromatic rings. The highest BCUT2D eigenvalue weighted by molar-refractivity contribution is 6.31. The lowest BCUT2D eigenvalue weighted by atomic mass is 10.0. The Morgan fingerprint density at radius 3 is 2.82 bits per heavy atom. The van der Waals surface area contributed by atoms with Crippen LogP contribution in [0.4, 0.5) is 0 Å². The number of aliphatic imine (C=N–C) groups is 1. The van der Waals surface area contributed by atoms with Gasteiger partial charge < -0.3 is 9.47 Å². The number of rotatable bonds is 5. The molecule has 0 saturated heterocycles. The Bertz CT molecular complexity index is 929. The zero-order valence-electron chi connectivity index (χ0n) is 15.5. The predicted molar refractivity (Wildman–Crippen MR) is 106 cm³/mol. The maximum absolute atomic E-state index is 12.4. The van der Waals surface area contributed by atoms with Crippen molar-refractivity contribution in [3.63, 3.8) is 0 Å². The summed E-state index contributed by atoms with van der Waals surface area (Å²) in [6.45, 7) is 2.40. The van der Waals surface area contributed by atoms with Crippen molar-refractivity contribution in [3.8, 4) is 11.5 Å². The summed E-state index contributed by atoms with van der Waals surface area (Å²) in [6, 6.07) is 11.5. The van der Waals surface area contributed by atoms with Crippen LogP contribution in [-0.4, -0.2) is 31.5 Å². The van der Waals surface area contributed by atoms with E-state index in [1.807, 2.05) is 13.0 Å². The van der Waals surface area contributed by atoms with E-state index in [2.05, 4.69) is 15.6 Å². The van der Waals surface area contributed by atoms with Gasteiger partial charge in [0, 0.05) is 10.6 Å². The molecule has 2 N–H and O–H groups in total. The lowest BCUT2D eigenvalue weighted by molar-refractivity contribution is -0.120. The van der Waals surface area contributed by atoms with Crippen molar-refractivity contribution in [2.75, 3.05) is 13.7 Å². The van der Waals surface area contributed by atoms with Gasteiger partial charge in [-0.1, -0.05) is 23.7 Å². The zero-order chi connectivity index (χ0) is 20.1. The monoisotopic (exact) mass is 401 g/mol. The van der Waals surface area contributed by atoms with E-state index in [1.54, 1.807) is 37.4 Å². The van der Waals surface area contributed by atoms with E-state index in [1.165, 1.54) is 6.07 Å². The highest BCUT2D eigenvalue weighted by atomic mass is 35.5. The van der Waals surface area contributed by atoms with Gasteiger partial charge in [0.05, 0.1) is 26.2 Å². The second-order valence-electron chi connectivity index (χ2n) is 6.05. The van der Waals surface area contributed by atoms with Gasteiger partial charge in [0.15, 0.2) is 11.5 Å². The minimum atomic E-state index is -0.451. The van der Waals surface area contributed by atoms with Crippen LogP contribution < -0.4 is 20.1 Å². The molecule has 2 aromatic carbocycles. The van der Waals surface area contributed by atoms with E-state index in [9.17, 15) is 9.59 Å². The van der Waals surface area contributed by atoms with Gasteiger partial charge in [0.25, 0.3) is 5.91 Å². The van der Waals surface area contributed by atoms with E-state index in [0.717, 1.165) is 5.56 Å². The summed E-state index contributed by atoms with van der Waals surface area (Å²) in [6.07, 6.45) is 0.160. The standard InChI is InChI=1S/C20H20ClN3O4/c1-3-28-16-8-7-12(10-17(16)27-2)15-11-18(25)23-20(22-15)24-19(26)13-5-4-6-14(21)9-13/h4-10,15H,3,11H2,1-2H3,(H2,22,23,24,25,26). The van der Waals surface area contributed by atoms with E-state index < -0.39 is 11.9 Å². The summed E-state index contributed by atoms with van der Waals surface area (Å²) < 4.78 is 10.9. The van der Waals surface area contributed by atoms with Crippen LogP contribution in [0.3, 0.4) is 0 Å². The highest BCUT2D eigenvalue weighted by Crippen LogP contribution is 2.33. The van der Waals surface area contributed by atoms with Crippen molar-refractivity contribution in [3.05, 3.63) is 58.6 Å². The number of halogens is 1. The summed E-state index contributed by atoms with van der Waals surface area (Å²) >= 11 is 5.92. The van der Waals surface area contributed by atoms with Crippen molar-refractivity contribution in [2.45, 2.75) is 19.4 Å². The van der Waals surface area contributed by atoms with Gasteiger partial charge in [-0.3, -0.25) is 20.2 Å². The third-order valence-corrected chi connectivity index (χ3v) is 4.35. The van der Waals surface area contributed by atoms with Crippen LogP contribution in [0.5, 0.6) is 11.5 Å². The molecule has 1 heterocycles. The molecular formula is C20H20ClN3O4. The number of guanidine groups is 1. The number of hydrogen-bond acceptors (Lipinski definition) is 5. The minimum Gasteiger partial charge on any atom is -0.493 e. The van der Waals surface area contributed by atoms with Crippen molar-refractivity contribution < 1.29 is 19.1 Å². The normalized spacial score (nSPS) is 16.0. The lowest BCUT2D eigenvalue weighted by Crippen LogP contribution is -2.47. The number of benzene rings is 2. The largest absolute Gasteiger partial charge is 0.493 e. The smallest absolute Gasteiger partial charge is 0.258 e. The highest BCUT2D eigenvalue weighted by Gasteiger charge is 2.24. The van der Waals surface area contributed by atoms with Gasteiger partial charge in [-0.25, -0.2) is 4.99 Å². The van der Waals surface area contributed by atoms with Crippen molar-refractivity contribution in [1.29, 1.82) is 0 Å². The average molecular weight is 402 g/mol. The zero-order valence-corrected chi connectivity index (χ0v) is 16.2. The summed E-state index contributed by atoms with van der Waals surface area (Å²) in [5.41, 5.74) is 1.15. The Morgan fingerprint density at radius 1 is 1.29 bits per heavy atom. The molecule has 3 rings (SSSR count). The first kappa shape index (κ1) is 19.7. The fourth-order valence-electron chi connectivity index (χ4n) is 2.82. The third kappa shape index (κ3) is 4.61. The Kier molecular flexibility index (Phi) is 6.16. The first-order valence-electron chi connectivity index (χ1n) is 8.75. The molecule has 8 heteroatoms. The number of carbonyl (C=O) groups is 2. The minimum absolute atomic E-state index is 0.0964. The first-order chi connectivity index (χ1) is 13.5. The molecule has 0 spiro atoms. The van der Waals surface area contributed by atoms with Gasteiger partial charge >= 0.3 is 0 Å². The lowest BCUT2D eigenvalue weighted by Gasteiger charge is -2.22. The number of hydrogen-bond donors (Lipinski definition) is 2. The number of nitrogens with one attached hydrogen (secondary N) is 2. The van der Waals surface area contributed by atoms with Crippen LogP contribution in [-0.2, 0) is 4.79 Å². The van der Waals surface area contributed by atoms with Gasteiger partial charge in [-0.15, -0.1) is 0 Å². The average Bonchev–Trinajstić information content (AvgIpc) is 2.68. The molecule has 0 fully saturated rings. The summed E-state index contributed by atoms with van der Waals surface area (Å²) in [5.74, 6) is 0.623. The second-order valence-corrected chi connectivity index (χ2v) is 6.49. The van der Waals surface area contributed by atoms with Crippen LogP contribution in [0.2, 0.25) is 5.02 Å². The maximum Gasteiger partial charge on any atom is 0.258 e. The maximum atomic E-state index is 12.4. The Labute approximate surface area is 167 Å². The van der Waals surface area contributed by atoms with Gasteiger partial charge in [0.2, 0.25) is 11.9 Å². The first-order valence-corrected chi connectivity index (χ1v) is 9.13. The molecule has 0 saturated carbocycles. The van der Waals surface area contributed by atoms with Crippen LogP contribution in [0.25, 0.3) is 0 Å². The topological polar surface area (TPSA) is 89.0 Å². The SMILES string of the molecule is CCOc1ccc(C2CC(=O)NC(NC(=O)c3cccc(Cl)c3)=N2)cc1OC. The molecule has 0 aliphatic carbocycles. The quantitative estimate of drug-likeness (QED) is 0.805. The van der Waals surface area contributed by atoms with Crippen molar-refractivity contribution in [2.24, 2.45) is 4.99 Å². The van der Waals surface area contributed by atoms with Crippen LogP contribution in [0, 0.1) is 0 Å². The molecule has 7 nitrogen and oxygen atoms in total. The molecule has 1 aliphatic rings.